The van der Waals surface area contributed by atoms with Gasteiger partial charge in [0.15, 0.2) is 5.76 Å². The van der Waals surface area contributed by atoms with Gasteiger partial charge in [-0.2, -0.15) is 0 Å². The Morgan fingerprint density at radius 3 is 2.68 bits per heavy atom. The Balaban J connectivity index is 2.18. The molecule has 0 aliphatic rings. The number of carbonyl (C=O) groups excluding carboxylic acids is 2. The van der Waals surface area contributed by atoms with Gasteiger partial charge in [-0.25, -0.2) is 0 Å². The number of carboxylic acids is 1. The molecular formula is C12H16N2O5. The molecule has 1 atom stereocenters. The summed E-state index contributed by atoms with van der Waals surface area (Å²) < 4.78 is 4.86. The highest BCUT2D eigenvalue weighted by molar-refractivity contribution is 5.94. The average Bonchev–Trinajstić information content (AvgIpc) is 2.89. The highest BCUT2D eigenvalue weighted by Crippen LogP contribution is 2.00. The minimum atomic E-state index is -0.902. The van der Waals surface area contributed by atoms with E-state index in [1.54, 1.807) is 13.0 Å². The fourth-order valence-corrected chi connectivity index (χ4v) is 1.27. The molecule has 2 amide bonds. The summed E-state index contributed by atoms with van der Waals surface area (Å²) >= 11 is 0. The van der Waals surface area contributed by atoms with E-state index in [0.717, 1.165) is 0 Å². The van der Waals surface area contributed by atoms with Crippen molar-refractivity contribution in [1.29, 1.82) is 0 Å². The monoisotopic (exact) mass is 268 g/mol. The van der Waals surface area contributed by atoms with Gasteiger partial charge >= 0.3 is 5.97 Å². The van der Waals surface area contributed by atoms with Crippen LogP contribution in [0.1, 0.15) is 23.9 Å². The first kappa shape index (κ1) is 14.7. The fraction of sp³-hybridized carbons (Fsp3) is 0.417. The van der Waals surface area contributed by atoms with Gasteiger partial charge in [0.2, 0.25) is 5.91 Å². The van der Waals surface area contributed by atoms with Crippen LogP contribution < -0.4 is 10.6 Å². The minimum Gasteiger partial charge on any atom is -0.481 e. The van der Waals surface area contributed by atoms with Gasteiger partial charge in [0.05, 0.1) is 18.7 Å². The molecule has 1 rings (SSSR count). The molecule has 0 aliphatic heterocycles. The zero-order chi connectivity index (χ0) is 14.3. The van der Waals surface area contributed by atoms with Crippen LogP contribution in [0.4, 0.5) is 0 Å². The quantitative estimate of drug-likeness (QED) is 0.656. The molecule has 0 bridgehead atoms. The average molecular weight is 268 g/mol. The Labute approximate surface area is 110 Å². The molecule has 7 heteroatoms. The Morgan fingerprint density at radius 1 is 1.37 bits per heavy atom. The van der Waals surface area contributed by atoms with Gasteiger partial charge in [0.1, 0.15) is 0 Å². The largest absolute Gasteiger partial charge is 0.481 e. The minimum absolute atomic E-state index is 0.132. The predicted octanol–water partition coefficient (Wildman–Crippen LogP) is 0.236. The molecule has 0 aromatic carbocycles. The third-order valence-corrected chi connectivity index (χ3v) is 2.48. The lowest BCUT2D eigenvalue weighted by molar-refractivity contribution is -0.141. The van der Waals surface area contributed by atoms with E-state index in [1.807, 2.05) is 0 Å². The smallest absolute Gasteiger partial charge is 0.306 e. The van der Waals surface area contributed by atoms with Crippen molar-refractivity contribution in [3.8, 4) is 0 Å². The van der Waals surface area contributed by atoms with E-state index in [0.29, 0.717) is 6.42 Å². The molecule has 104 valence electrons. The van der Waals surface area contributed by atoms with Crippen LogP contribution >= 0.6 is 0 Å². The maximum absolute atomic E-state index is 11.4. The Morgan fingerprint density at radius 2 is 2.11 bits per heavy atom. The lowest BCUT2D eigenvalue weighted by atomic mass is 10.1. The molecule has 1 aromatic heterocycles. The number of nitrogens with one attached hydrogen (secondary N) is 2. The summed E-state index contributed by atoms with van der Waals surface area (Å²) in [4.78, 5) is 33.3. The number of carboxylic acid groups (broad SMARTS) is 1. The lowest BCUT2D eigenvalue weighted by Gasteiger charge is -2.08. The summed E-state index contributed by atoms with van der Waals surface area (Å²) in [6.45, 7) is 1.64. The van der Waals surface area contributed by atoms with Gasteiger partial charge in [-0.05, 0) is 18.6 Å². The van der Waals surface area contributed by atoms with E-state index in [-0.39, 0.29) is 24.8 Å². The number of hydrogen-bond acceptors (Lipinski definition) is 4. The summed E-state index contributed by atoms with van der Waals surface area (Å²) in [6, 6.07) is 3.06. The Kier molecular flexibility index (Phi) is 5.59. The van der Waals surface area contributed by atoms with Gasteiger partial charge in [-0.15, -0.1) is 0 Å². The van der Waals surface area contributed by atoms with E-state index in [2.05, 4.69) is 10.6 Å². The van der Waals surface area contributed by atoms with Gasteiger partial charge < -0.3 is 20.2 Å². The van der Waals surface area contributed by atoms with Crippen LogP contribution in [0.2, 0.25) is 0 Å². The van der Waals surface area contributed by atoms with Crippen LogP contribution in [-0.2, 0) is 9.59 Å². The van der Waals surface area contributed by atoms with Gasteiger partial charge in [-0.3, -0.25) is 14.4 Å². The molecule has 3 N–H and O–H groups in total. The number of hydrogen-bond donors (Lipinski definition) is 3. The lowest BCUT2D eigenvalue weighted by Crippen LogP contribution is -2.37. The second-order valence-electron chi connectivity index (χ2n) is 4.04. The molecule has 0 fully saturated rings. The van der Waals surface area contributed by atoms with E-state index in [4.69, 9.17) is 9.52 Å². The number of rotatable bonds is 7. The summed E-state index contributed by atoms with van der Waals surface area (Å²) in [5.41, 5.74) is 0. The molecule has 0 saturated carbocycles. The summed E-state index contributed by atoms with van der Waals surface area (Å²) in [5, 5.41) is 13.6. The van der Waals surface area contributed by atoms with Crippen molar-refractivity contribution in [2.75, 3.05) is 13.1 Å². The van der Waals surface area contributed by atoms with Crippen molar-refractivity contribution < 1.29 is 23.9 Å². The Bertz CT molecular complexity index is 441. The normalized spacial score (nSPS) is 11.6. The molecule has 0 aliphatic carbocycles. The zero-order valence-electron chi connectivity index (χ0n) is 10.5. The molecule has 1 unspecified atom stereocenters. The molecule has 0 radical (unpaired) electrons. The fourth-order valence-electron chi connectivity index (χ4n) is 1.27. The highest BCUT2D eigenvalue weighted by atomic mass is 16.4. The summed E-state index contributed by atoms with van der Waals surface area (Å²) in [7, 11) is 0. The first-order valence-corrected chi connectivity index (χ1v) is 5.82. The molecule has 0 saturated heterocycles. The van der Waals surface area contributed by atoms with Crippen LogP contribution in [0.5, 0.6) is 0 Å². The van der Waals surface area contributed by atoms with E-state index in [9.17, 15) is 14.4 Å². The van der Waals surface area contributed by atoms with Crippen LogP contribution in [0, 0.1) is 5.92 Å². The SMILES string of the molecule is CC(CCNC(=O)CNC(=O)c1ccco1)C(=O)O. The van der Waals surface area contributed by atoms with E-state index >= 15 is 0 Å². The Hall–Kier alpha value is -2.31. The molecule has 7 nitrogen and oxygen atoms in total. The summed E-state index contributed by atoms with van der Waals surface area (Å²) in [6.07, 6.45) is 1.70. The molecular weight excluding hydrogens is 252 g/mol. The number of furan rings is 1. The maximum atomic E-state index is 11.4. The third-order valence-electron chi connectivity index (χ3n) is 2.48. The van der Waals surface area contributed by atoms with Crippen LogP contribution in [0.3, 0.4) is 0 Å². The van der Waals surface area contributed by atoms with Crippen LogP contribution in [0.15, 0.2) is 22.8 Å². The van der Waals surface area contributed by atoms with Crippen molar-refractivity contribution >= 4 is 17.8 Å². The van der Waals surface area contributed by atoms with Gasteiger partial charge in [0, 0.05) is 6.54 Å². The second-order valence-corrected chi connectivity index (χ2v) is 4.04. The first-order valence-electron chi connectivity index (χ1n) is 5.82. The van der Waals surface area contributed by atoms with Gasteiger partial charge in [-0.1, -0.05) is 6.92 Å². The van der Waals surface area contributed by atoms with Crippen molar-refractivity contribution in [2.45, 2.75) is 13.3 Å². The zero-order valence-corrected chi connectivity index (χ0v) is 10.5. The number of aliphatic carboxylic acids is 1. The van der Waals surface area contributed by atoms with E-state index < -0.39 is 17.8 Å². The third kappa shape index (κ3) is 5.24. The predicted molar refractivity (Wildman–Crippen MR) is 65.5 cm³/mol. The first-order chi connectivity index (χ1) is 9.00. The van der Waals surface area contributed by atoms with Gasteiger partial charge in [0.25, 0.3) is 5.91 Å². The number of carbonyl (C=O) groups is 3. The molecule has 1 heterocycles. The summed E-state index contributed by atoms with van der Waals surface area (Å²) in [5.74, 6) is -2.14. The highest BCUT2D eigenvalue weighted by Gasteiger charge is 2.12. The number of amides is 2. The molecule has 0 spiro atoms. The van der Waals surface area contributed by atoms with E-state index in [1.165, 1.54) is 12.3 Å². The van der Waals surface area contributed by atoms with Crippen molar-refractivity contribution in [1.82, 2.24) is 10.6 Å². The maximum Gasteiger partial charge on any atom is 0.306 e. The topological polar surface area (TPSA) is 109 Å². The molecule has 19 heavy (non-hydrogen) atoms. The molecule has 1 aromatic rings. The van der Waals surface area contributed by atoms with Crippen LogP contribution in [0.25, 0.3) is 0 Å². The second kappa shape index (κ2) is 7.20. The van der Waals surface area contributed by atoms with Crippen LogP contribution in [-0.4, -0.2) is 36.0 Å². The standard InChI is InChI=1S/C12H16N2O5/c1-8(12(17)18)4-5-13-10(15)7-14-11(16)9-3-2-6-19-9/h2-3,6,8H,4-5,7H2,1H3,(H,13,15)(H,14,16)(H,17,18). The van der Waals surface area contributed by atoms with Crippen molar-refractivity contribution in [3.63, 3.8) is 0 Å². The van der Waals surface area contributed by atoms with Crippen molar-refractivity contribution in [2.24, 2.45) is 5.92 Å². The van der Waals surface area contributed by atoms with Crippen molar-refractivity contribution in [3.05, 3.63) is 24.2 Å².